The van der Waals surface area contributed by atoms with Crippen LogP contribution in [0.5, 0.6) is 17.2 Å². The third kappa shape index (κ3) is 4.78. The van der Waals surface area contributed by atoms with Crippen LogP contribution in [-0.4, -0.2) is 28.2 Å². The second-order valence-corrected chi connectivity index (χ2v) is 6.72. The van der Waals surface area contributed by atoms with Crippen LogP contribution in [0.3, 0.4) is 0 Å². The van der Waals surface area contributed by atoms with Crippen LogP contribution >= 0.6 is 0 Å². The van der Waals surface area contributed by atoms with E-state index in [0.717, 1.165) is 0 Å². The first-order valence-electron chi connectivity index (χ1n) is 9.26. The molecule has 0 fully saturated rings. The summed E-state index contributed by atoms with van der Waals surface area (Å²) < 4.78 is 10.8. The van der Waals surface area contributed by atoms with Gasteiger partial charge < -0.3 is 24.7 Å². The number of ether oxygens (including phenoxy) is 1. The number of methoxy groups -OCH3 is 1. The summed E-state index contributed by atoms with van der Waals surface area (Å²) in [6.45, 7) is 1.81. The summed E-state index contributed by atoms with van der Waals surface area (Å²) in [4.78, 5) is 28.9. The van der Waals surface area contributed by atoms with Crippen LogP contribution in [-0.2, 0) is 11.3 Å². The van der Waals surface area contributed by atoms with Crippen LogP contribution in [0.25, 0.3) is 0 Å². The Hall–Kier alpha value is -3.81. The van der Waals surface area contributed by atoms with Crippen molar-refractivity contribution in [3.05, 3.63) is 81.7 Å². The summed E-state index contributed by atoms with van der Waals surface area (Å²) in [5, 5.41) is 23.0. The molecule has 3 N–H and O–H groups in total. The van der Waals surface area contributed by atoms with Gasteiger partial charge >= 0.3 is 0 Å². The number of amides is 1. The Morgan fingerprint density at radius 3 is 2.73 bits per heavy atom. The van der Waals surface area contributed by atoms with Crippen LogP contribution < -0.4 is 15.5 Å². The molecule has 1 amide bonds. The summed E-state index contributed by atoms with van der Waals surface area (Å²) in [5.74, 6) is -1.28. The largest absolute Gasteiger partial charge is 0.504 e. The van der Waals surface area contributed by atoms with E-state index in [1.165, 1.54) is 25.3 Å². The van der Waals surface area contributed by atoms with E-state index in [1.807, 2.05) is 6.07 Å². The average Bonchev–Trinajstić information content (AvgIpc) is 2.74. The number of hydrogen-bond donors (Lipinski definition) is 3. The summed E-state index contributed by atoms with van der Waals surface area (Å²) in [5.41, 5.74) is 0.624. The number of phenols is 1. The highest BCUT2D eigenvalue weighted by atomic mass is 16.5. The molecular formula is C22H22N2O6. The van der Waals surface area contributed by atoms with Crippen LogP contribution in [0.4, 0.5) is 0 Å². The van der Waals surface area contributed by atoms with Crippen molar-refractivity contribution in [3.63, 3.8) is 0 Å². The van der Waals surface area contributed by atoms with Gasteiger partial charge in [0.15, 0.2) is 17.3 Å². The van der Waals surface area contributed by atoms with Crippen molar-refractivity contribution >= 4 is 5.91 Å². The van der Waals surface area contributed by atoms with Gasteiger partial charge in [-0.05, 0) is 36.8 Å². The Morgan fingerprint density at radius 1 is 1.23 bits per heavy atom. The van der Waals surface area contributed by atoms with Crippen molar-refractivity contribution in [2.45, 2.75) is 25.8 Å². The highest BCUT2D eigenvalue weighted by molar-refractivity contribution is 5.77. The van der Waals surface area contributed by atoms with Gasteiger partial charge in [0.25, 0.3) is 0 Å². The topological polar surface area (TPSA) is 122 Å². The second-order valence-electron chi connectivity index (χ2n) is 6.72. The van der Waals surface area contributed by atoms with Gasteiger partial charge in [-0.1, -0.05) is 12.1 Å². The van der Waals surface area contributed by atoms with Gasteiger partial charge in [0.05, 0.1) is 25.3 Å². The fraction of sp³-hybridized carbons (Fsp3) is 0.227. The number of nitrogens with zero attached hydrogens (tertiary/aromatic N) is 1. The quantitative estimate of drug-likeness (QED) is 0.547. The van der Waals surface area contributed by atoms with E-state index in [-0.39, 0.29) is 36.1 Å². The molecule has 8 nitrogen and oxygen atoms in total. The number of pyridine rings is 1. The predicted octanol–water partition coefficient (Wildman–Crippen LogP) is 2.60. The van der Waals surface area contributed by atoms with Gasteiger partial charge in [-0.15, -0.1) is 0 Å². The molecule has 1 atom stereocenters. The molecule has 0 aliphatic rings. The predicted molar refractivity (Wildman–Crippen MR) is 109 cm³/mol. The van der Waals surface area contributed by atoms with Crippen LogP contribution in [0.1, 0.15) is 35.1 Å². The molecule has 0 radical (unpaired) electrons. The Bertz CT molecular complexity index is 1090. The number of carbonyl (C=O) groups excluding carboxylic acids is 1. The molecule has 30 heavy (non-hydrogen) atoms. The molecule has 0 aliphatic heterocycles. The number of rotatable bonds is 7. The minimum Gasteiger partial charge on any atom is -0.504 e. The minimum absolute atomic E-state index is 0.0271. The van der Waals surface area contributed by atoms with Crippen molar-refractivity contribution in [3.8, 4) is 17.2 Å². The number of aryl methyl sites for hydroxylation is 1. The summed E-state index contributed by atoms with van der Waals surface area (Å²) >= 11 is 0. The molecular weight excluding hydrogens is 388 g/mol. The number of phenolic OH excluding ortho intramolecular Hbond substituents is 1. The summed E-state index contributed by atoms with van der Waals surface area (Å²) in [6.07, 6.45) is 1.52. The molecule has 0 saturated heterocycles. The minimum atomic E-state index is -0.782. The molecule has 3 rings (SSSR count). The van der Waals surface area contributed by atoms with Crippen molar-refractivity contribution in [1.29, 1.82) is 0 Å². The molecule has 3 aromatic rings. The van der Waals surface area contributed by atoms with Crippen LogP contribution in [0.15, 0.2) is 57.9 Å². The molecule has 8 heteroatoms. The zero-order chi connectivity index (χ0) is 21.7. The molecule has 0 unspecified atom stereocenters. The van der Waals surface area contributed by atoms with E-state index in [0.29, 0.717) is 17.0 Å². The Labute approximate surface area is 172 Å². The zero-order valence-corrected chi connectivity index (χ0v) is 16.6. The number of aromatic hydroxyl groups is 2. The lowest BCUT2D eigenvalue weighted by atomic mass is 9.91. The van der Waals surface area contributed by atoms with Crippen molar-refractivity contribution < 1.29 is 24.2 Å². The van der Waals surface area contributed by atoms with Crippen molar-refractivity contribution in [2.24, 2.45) is 0 Å². The van der Waals surface area contributed by atoms with Gasteiger partial charge in [0.2, 0.25) is 17.1 Å². The number of nitrogens with one attached hydrogen (secondary N) is 1. The van der Waals surface area contributed by atoms with E-state index in [4.69, 9.17) is 9.15 Å². The van der Waals surface area contributed by atoms with E-state index in [2.05, 4.69) is 10.3 Å². The van der Waals surface area contributed by atoms with Gasteiger partial charge in [-0.3, -0.25) is 14.6 Å². The number of hydrogen-bond acceptors (Lipinski definition) is 7. The maximum absolute atomic E-state index is 12.7. The van der Waals surface area contributed by atoms with Gasteiger partial charge in [0.1, 0.15) is 5.76 Å². The lowest BCUT2D eigenvalue weighted by Gasteiger charge is -2.19. The highest BCUT2D eigenvalue weighted by Gasteiger charge is 2.26. The molecule has 2 heterocycles. The second kappa shape index (κ2) is 9.13. The van der Waals surface area contributed by atoms with E-state index in [9.17, 15) is 19.8 Å². The van der Waals surface area contributed by atoms with Gasteiger partial charge in [0, 0.05) is 18.7 Å². The zero-order valence-electron chi connectivity index (χ0n) is 16.6. The molecule has 2 aromatic heterocycles. The van der Waals surface area contributed by atoms with Crippen LogP contribution in [0, 0.1) is 6.92 Å². The van der Waals surface area contributed by atoms with Crippen LogP contribution in [0.2, 0.25) is 0 Å². The van der Waals surface area contributed by atoms with E-state index >= 15 is 0 Å². The van der Waals surface area contributed by atoms with Crippen molar-refractivity contribution in [2.75, 3.05) is 7.11 Å². The number of carbonyl (C=O) groups is 1. The monoisotopic (exact) mass is 410 g/mol. The Kier molecular flexibility index (Phi) is 6.36. The average molecular weight is 410 g/mol. The third-order valence-electron chi connectivity index (χ3n) is 4.58. The SMILES string of the molecule is COc1cc([C@@H](CC(=O)NCc2ccccn2)c2oc(C)cc(=O)c2O)ccc1O. The summed E-state index contributed by atoms with van der Waals surface area (Å²) in [7, 11) is 1.40. The van der Waals surface area contributed by atoms with E-state index in [1.54, 1.807) is 31.3 Å². The Morgan fingerprint density at radius 2 is 2.03 bits per heavy atom. The maximum atomic E-state index is 12.7. The summed E-state index contributed by atoms with van der Waals surface area (Å²) in [6, 6.07) is 11.1. The maximum Gasteiger partial charge on any atom is 0.227 e. The lowest BCUT2D eigenvalue weighted by molar-refractivity contribution is -0.121. The molecule has 0 aliphatic carbocycles. The first kappa shape index (κ1) is 20.9. The molecule has 0 saturated carbocycles. The third-order valence-corrected chi connectivity index (χ3v) is 4.58. The Balaban J connectivity index is 1.94. The molecule has 0 spiro atoms. The molecule has 0 bridgehead atoms. The fourth-order valence-electron chi connectivity index (χ4n) is 3.08. The fourth-order valence-corrected chi connectivity index (χ4v) is 3.08. The molecule has 156 valence electrons. The van der Waals surface area contributed by atoms with Gasteiger partial charge in [-0.2, -0.15) is 0 Å². The number of benzene rings is 1. The van der Waals surface area contributed by atoms with E-state index < -0.39 is 17.1 Å². The lowest BCUT2D eigenvalue weighted by Crippen LogP contribution is -2.25. The van der Waals surface area contributed by atoms with Crippen molar-refractivity contribution in [1.82, 2.24) is 10.3 Å². The molecule has 1 aromatic carbocycles. The number of aromatic nitrogens is 1. The highest BCUT2D eigenvalue weighted by Crippen LogP contribution is 2.37. The normalized spacial score (nSPS) is 11.7. The standard InChI is InChI=1S/C22H22N2O6/c1-13-9-18(26)21(28)22(30-13)16(14-6-7-17(25)19(10-14)29-2)11-20(27)24-12-15-5-3-4-8-23-15/h3-10,16,25,28H,11-12H2,1-2H3,(H,24,27)/t16-/m1/s1. The first-order chi connectivity index (χ1) is 14.4. The smallest absolute Gasteiger partial charge is 0.227 e. The van der Waals surface area contributed by atoms with Gasteiger partial charge in [-0.25, -0.2) is 0 Å². The first-order valence-corrected chi connectivity index (χ1v) is 9.26.